The van der Waals surface area contributed by atoms with Gasteiger partial charge >= 0.3 is 0 Å². The second-order valence-corrected chi connectivity index (χ2v) is 13.0. The molecule has 0 amide bonds. The topological polar surface area (TPSA) is 77.8 Å². The van der Waals surface area contributed by atoms with Crippen molar-refractivity contribution in [3.05, 3.63) is 158 Å². The summed E-state index contributed by atoms with van der Waals surface area (Å²) in [6.45, 7) is 0. The van der Waals surface area contributed by atoms with E-state index in [4.69, 9.17) is 23.8 Å². The Bertz CT molecular complexity index is 3210. The summed E-state index contributed by atoms with van der Waals surface area (Å²) in [7, 11) is 0. The number of fused-ring (bicyclic) bond motifs is 8. The molecule has 11 aromatic rings. The molecule has 0 saturated heterocycles. The van der Waals surface area contributed by atoms with E-state index < -0.39 is 0 Å². The molecule has 11 rings (SSSR count). The van der Waals surface area contributed by atoms with Crippen molar-refractivity contribution in [2.24, 2.45) is 0 Å². The highest BCUT2D eigenvalue weighted by Gasteiger charge is 2.21. The molecule has 0 unspecified atom stereocenters. The van der Waals surface area contributed by atoms with Gasteiger partial charge in [0.25, 0.3) is 0 Å². The number of nitrogens with zero attached hydrogens (tertiary/aromatic N) is 4. The summed E-state index contributed by atoms with van der Waals surface area (Å²) in [4.78, 5) is 20.1. The van der Waals surface area contributed by atoms with Gasteiger partial charge in [-0.05, 0) is 75.1 Å². The Morgan fingerprint density at radius 3 is 1.85 bits per heavy atom. The van der Waals surface area contributed by atoms with Crippen molar-refractivity contribution in [2.75, 3.05) is 0 Å². The summed E-state index contributed by atoms with van der Waals surface area (Å²) in [5.74, 6) is 1.78. The lowest BCUT2D eigenvalue weighted by atomic mass is 9.92. The molecule has 6 heteroatoms. The number of benzene rings is 7. The average Bonchev–Trinajstić information content (AvgIpc) is 3.79. The molecule has 0 fully saturated rings. The van der Waals surface area contributed by atoms with Crippen molar-refractivity contribution < 1.29 is 8.83 Å². The monoisotopic (exact) mass is 666 g/mol. The SMILES string of the molecule is c1ccc2cc(-c3nc(-c4ccc(-c5cccc6oc7ncccc7c56)c5ccccc45)nc(-c4cccc5oc6ccccc6c45)n3)ccc2c1. The number of para-hydroxylation sites is 1. The van der Waals surface area contributed by atoms with Crippen LogP contribution in [0.15, 0.2) is 167 Å². The molecule has 7 aromatic carbocycles. The average molecular weight is 667 g/mol. The zero-order chi connectivity index (χ0) is 34.2. The quantitative estimate of drug-likeness (QED) is 0.186. The van der Waals surface area contributed by atoms with Gasteiger partial charge in [0.15, 0.2) is 17.5 Å². The molecule has 0 aliphatic rings. The summed E-state index contributed by atoms with van der Waals surface area (Å²) < 4.78 is 12.4. The van der Waals surface area contributed by atoms with E-state index in [-0.39, 0.29) is 0 Å². The van der Waals surface area contributed by atoms with Crippen LogP contribution < -0.4 is 0 Å². The van der Waals surface area contributed by atoms with Crippen LogP contribution in [0.5, 0.6) is 0 Å². The first-order valence-electron chi connectivity index (χ1n) is 17.2. The standard InChI is InChI=1S/C46H26N4O2/c1-2-11-28-26-29(22-21-27(28)10-1)43-48-44(50-45(49-43)36-16-8-19-39-42(36)35-14-5-6-18-38(35)51-39)34-24-23-32(30-12-3-4-13-31(30)34)33-15-7-20-40-41(33)37-17-9-25-47-46(37)52-40/h1-26H. The third-order valence-corrected chi connectivity index (χ3v) is 10.0. The number of rotatable bonds is 4. The third-order valence-electron chi connectivity index (χ3n) is 10.0. The van der Waals surface area contributed by atoms with Gasteiger partial charge in [0.1, 0.15) is 16.7 Å². The van der Waals surface area contributed by atoms with E-state index in [1.165, 1.54) is 0 Å². The fraction of sp³-hybridized carbons (Fsp3) is 0. The van der Waals surface area contributed by atoms with E-state index in [0.717, 1.165) is 87.7 Å². The van der Waals surface area contributed by atoms with E-state index >= 15 is 0 Å². The van der Waals surface area contributed by atoms with Gasteiger partial charge < -0.3 is 8.83 Å². The van der Waals surface area contributed by atoms with Crippen LogP contribution >= 0.6 is 0 Å². The number of hydrogen-bond donors (Lipinski definition) is 0. The molecule has 4 heterocycles. The lowest BCUT2D eigenvalue weighted by Crippen LogP contribution is -2.01. The molecular weight excluding hydrogens is 641 g/mol. The maximum atomic E-state index is 6.28. The molecule has 6 nitrogen and oxygen atoms in total. The van der Waals surface area contributed by atoms with Gasteiger partial charge in [-0.2, -0.15) is 0 Å². The summed E-state index contributed by atoms with van der Waals surface area (Å²) >= 11 is 0. The van der Waals surface area contributed by atoms with Crippen molar-refractivity contribution in [2.45, 2.75) is 0 Å². The maximum Gasteiger partial charge on any atom is 0.227 e. The van der Waals surface area contributed by atoms with Crippen LogP contribution in [0, 0.1) is 0 Å². The highest BCUT2D eigenvalue weighted by atomic mass is 16.3. The zero-order valence-electron chi connectivity index (χ0n) is 27.6. The van der Waals surface area contributed by atoms with Crippen molar-refractivity contribution in [1.29, 1.82) is 0 Å². The number of hydrogen-bond acceptors (Lipinski definition) is 6. The highest BCUT2D eigenvalue weighted by molar-refractivity contribution is 6.16. The van der Waals surface area contributed by atoms with Crippen molar-refractivity contribution >= 4 is 65.6 Å². The minimum atomic E-state index is 0.584. The van der Waals surface area contributed by atoms with Gasteiger partial charge in [0.05, 0.1) is 0 Å². The van der Waals surface area contributed by atoms with Gasteiger partial charge in [-0.15, -0.1) is 0 Å². The van der Waals surface area contributed by atoms with Crippen LogP contribution in [-0.4, -0.2) is 19.9 Å². The highest BCUT2D eigenvalue weighted by Crippen LogP contribution is 2.42. The molecule has 0 saturated carbocycles. The van der Waals surface area contributed by atoms with Crippen LogP contribution in [0.2, 0.25) is 0 Å². The fourth-order valence-corrected chi connectivity index (χ4v) is 7.65. The van der Waals surface area contributed by atoms with Gasteiger partial charge in [-0.3, -0.25) is 0 Å². The molecule has 0 bridgehead atoms. The summed E-state index contributed by atoms with van der Waals surface area (Å²) in [6.07, 6.45) is 1.76. The van der Waals surface area contributed by atoms with Crippen molar-refractivity contribution in [3.63, 3.8) is 0 Å². The Morgan fingerprint density at radius 1 is 0.365 bits per heavy atom. The smallest absolute Gasteiger partial charge is 0.227 e. The predicted octanol–water partition coefficient (Wildman–Crippen LogP) is 12.0. The molecule has 4 aromatic heterocycles. The van der Waals surface area contributed by atoms with Crippen LogP contribution in [-0.2, 0) is 0 Å². The molecule has 0 spiro atoms. The second-order valence-electron chi connectivity index (χ2n) is 13.0. The van der Waals surface area contributed by atoms with Gasteiger partial charge in [-0.25, -0.2) is 19.9 Å². The van der Waals surface area contributed by atoms with E-state index in [0.29, 0.717) is 23.2 Å². The van der Waals surface area contributed by atoms with E-state index in [9.17, 15) is 0 Å². The number of furan rings is 2. The molecule has 0 atom stereocenters. The van der Waals surface area contributed by atoms with Gasteiger partial charge in [-0.1, -0.05) is 109 Å². The maximum absolute atomic E-state index is 6.28. The summed E-state index contributed by atoms with van der Waals surface area (Å²) in [5.41, 5.74) is 7.95. The lowest BCUT2D eigenvalue weighted by molar-refractivity contribution is 0.654. The number of aromatic nitrogens is 4. The molecular formula is C46H26N4O2. The van der Waals surface area contributed by atoms with E-state index in [1.807, 2.05) is 48.5 Å². The van der Waals surface area contributed by atoms with Crippen molar-refractivity contribution in [1.82, 2.24) is 19.9 Å². The Hall–Kier alpha value is -7.18. The first-order valence-corrected chi connectivity index (χ1v) is 17.2. The molecule has 0 N–H and O–H groups in total. The Balaban J connectivity index is 1.17. The summed E-state index contributed by atoms with van der Waals surface area (Å²) in [6, 6.07) is 51.8. The van der Waals surface area contributed by atoms with Gasteiger partial charge in [0.2, 0.25) is 5.71 Å². The molecule has 0 aliphatic heterocycles. The first-order chi connectivity index (χ1) is 25.8. The largest absolute Gasteiger partial charge is 0.456 e. The molecule has 52 heavy (non-hydrogen) atoms. The number of pyridine rings is 1. The summed E-state index contributed by atoms with van der Waals surface area (Å²) in [5, 5.41) is 8.45. The minimum Gasteiger partial charge on any atom is -0.456 e. The second kappa shape index (κ2) is 11.2. The Morgan fingerprint density at radius 2 is 0.981 bits per heavy atom. The van der Waals surface area contributed by atoms with Crippen LogP contribution in [0.3, 0.4) is 0 Å². The molecule has 242 valence electrons. The van der Waals surface area contributed by atoms with E-state index in [2.05, 4.69) is 108 Å². The Kier molecular flexibility index (Phi) is 6.15. The van der Waals surface area contributed by atoms with Crippen LogP contribution in [0.25, 0.3) is 111 Å². The molecule has 0 aliphatic carbocycles. The minimum absolute atomic E-state index is 0.584. The zero-order valence-corrected chi connectivity index (χ0v) is 27.6. The lowest BCUT2D eigenvalue weighted by Gasteiger charge is -2.14. The van der Waals surface area contributed by atoms with Crippen LogP contribution in [0.4, 0.5) is 0 Å². The normalized spacial score (nSPS) is 11.8. The third kappa shape index (κ3) is 4.38. The molecule has 0 radical (unpaired) electrons. The van der Waals surface area contributed by atoms with Gasteiger partial charge in [0, 0.05) is 44.4 Å². The van der Waals surface area contributed by atoms with Crippen molar-refractivity contribution in [3.8, 4) is 45.3 Å². The predicted molar refractivity (Wildman–Crippen MR) is 209 cm³/mol. The first kappa shape index (κ1) is 28.6. The Labute approximate surface area is 296 Å². The van der Waals surface area contributed by atoms with Crippen LogP contribution in [0.1, 0.15) is 0 Å². The van der Waals surface area contributed by atoms with E-state index in [1.54, 1.807) is 6.20 Å². The fourth-order valence-electron chi connectivity index (χ4n) is 7.65.